The number of hydrogen-bond donors (Lipinski definition) is 1. The van der Waals surface area contributed by atoms with Crippen LogP contribution in [0.2, 0.25) is 5.02 Å². The molecule has 40 heavy (non-hydrogen) atoms. The van der Waals surface area contributed by atoms with Gasteiger partial charge in [-0.3, -0.25) is 19.1 Å². The van der Waals surface area contributed by atoms with Gasteiger partial charge in [-0.15, -0.1) is 0 Å². The van der Waals surface area contributed by atoms with Crippen LogP contribution in [0.1, 0.15) is 41.2 Å². The maximum atomic E-state index is 13.5. The molecule has 5 rings (SSSR count). The van der Waals surface area contributed by atoms with Gasteiger partial charge in [-0.1, -0.05) is 66.8 Å². The third-order valence-corrected chi connectivity index (χ3v) is 8.40. The smallest absolute Gasteiger partial charge is 0.270 e. The second-order valence-electron chi connectivity index (χ2n) is 9.23. The number of nitrogens with one attached hydrogen (secondary N) is 1. The van der Waals surface area contributed by atoms with Crippen LogP contribution in [-0.2, 0) is 24.4 Å². The van der Waals surface area contributed by atoms with Gasteiger partial charge in [0, 0.05) is 23.7 Å². The quantitative estimate of drug-likeness (QED) is 0.258. The molecular formula is C29H25ClN4O4S2. The Morgan fingerprint density at radius 2 is 1.98 bits per heavy atom. The molecule has 2 aliphatic rings. The van der Waals surface area contributed by atoms with Crippen LogP contribution in [0, 0.1) is 18.3 Å². The van der Waals surface area contributed by atoms with Crippen molar-refractivity contribution in [2.45, 2.75) is 39.9 Å². The topological polar surface area (TPSA) is 96.6 Å². The number of thiocarbonyl (C=S) groups is 1. The highest BCUT2D eigenvalue weighted by molar-refractivity contribution is 8.26. The first kappa shape index (κ1) is 27.8. The van der Waals surface area contributed by atoms with E-state index in [1.807, 2.05) is 43.3 Å². The SMILES string of the molecule is CCCn1c(NCc2ccc3c(c2)OCO3)c(/C=C2/SC(=S)N(Cc3ccccc3Cl)C2=O)c(C)c(C#N)c1=O. The van der Waals surface area contributed by atoms with E-state index in [1.54, 1.807) is 23.6 Å². The summed E-state index contributed by atoms with van der Waals surface area (Å²) < 4.78 is 12.9. The van der Waals surface area contributed by atoms with E-state index in [4.69, 9.17) is 33.3 Å². The predicted molar refractivity (Wildman–Crippen MR) is 161 cm³/mol. The molecule has 3 aromatic rings. The number of ether oxygens (including phenoxy) is 2. The van der Waals surface area contributed by atoms with Crippen LogP contribution in [0.5, 0.6) is 11.5 Å². The van der Waals surface area contributed by atoms with E-state index < -0.39 is 0 Å². The molecule has 0 unspecified atom stereocenters. The molecule has 0 bridgehead atoms. The Labute approximate surface area is 246 Å². The number of carbonyl (C=O) groups excluding carboxylic acids is 1. The number of aromatic nitrogens is 1. The molecule has 1 amide bonds. The van der Waals surface area contributed by atoms with Crippen LogP contribution in [0.3, 0.4) is 0 Å². The molecule has 2 aliphatic heterocycles. The van der Waals surface area contributed by atoms with Crippen LogP contribution >= 0.6 is 35.6 Å². The molecule has 2 aromatic carbocycles. The zero-order valence-electron chi connectivity index (χ0n) is 21.8. The van der Waals surface area contributed by atoms with Crippen molar-refractivity contribution >= 4 is 57.7 Å². The average Bonchev–Trinajstić information content (AvgIpc) is 3.51. The molecule has 0 spiro atoms. The number of nitrogens with zero attached hydrogens (tertiary/aromatic N) is 3. The first-order chi connectivity index (χ1) is 19.3. The van der Waals surface area contributed by atoms with Gasteiger partial charge in [-0.05, 0) is 54.3 Å². The summed E-state index contributed by atoms with van der Waals surface area (Å²) >= 11 is 13.1. The summed E-state index contributed by atoms with van der Waals surface area (Å²) in [6.07, 6.45) is 2.39. The summed E-state index contributed by atoms with van der Waals surface area (Å²) in [5, 5.41) is 13.8. The number of benzene rings is 2. The summed E-state index contributed by atoms with van der Waals surface area (Å²) in [4.78, 5) is 28.7. The van der Waals surface area contributed by atoms with Crippen molar-refractivity contribution in [3.8, 4) is 17.6 Å². The highest BCUT2D eigenvalue weighted by atomic mass is 35.5. The van der Waals surface area contributed by atoms with Crippen molar-refractivity contribution in [1.29, 1.82) is 5.26 Å². The Morgan fingerprint density at radius 3 is 2.73 bits per heavy atom. The number of nitriles is 1. The summed E-state index contributed by atoms with van der Waals surface area (Å²) in [7, 11) is 0. The molecule has 1 fully saturated rings. The lowest BCUT2D eigenvalue weighted by molar-refractivity contribution is -0.122. The molecule has 0 aliphatic carbocycles. The molecule has 1 N–H and O–H groups in total. The second-order valence-corrected chi connectivity index (χ2v) is 11.3. The summed E-state index contributed by atoms with van der Waals surface area (Å²) in [6, 6.07) is 15.0. The minimum atomic E-state index is -0.376. The van der Waals surface area contributed by atoms with E-state index in [2.05, 4.69) is 11.4 Å². The Bertz CT molecular complexity index is 1660. The van der Waals surface area contributed by atoms with Crippen LogP contribution in [0.15, 0.2) is 52.2 Å². The van der Waals surface area contributed by atoms with Gasteiger partial charge in [0.05, 0.1) is 11.4 Å². The maximum absolute atomic E-state index is 13.5. The molecule has 0 radical (unpaired) electrons. The van der Waals surface area contributed by atoms with E-state index in [0.29, 0.717) is 62.2 Å². The number of carbonyl (C=O) groups is 1. The van der Waals surface area contributed by atoms with Crippen molar-refractivity contribution in [2.24, 2.45) is 0 Å². The van der Waals surface area contributed by atoms with Gasteiger partial charge in [0.15, 0.2) is 11.5 Å². The highest BCUT2D eigenvalue weighted by Crippen LogP contribution is 2.37. The minimum Gasteiger partial charge on any atom is -0.454 e. The first-order valence-corrected chi connectivity index (χ1v) is 14.2. The lowest BCUT2D eigenvalue weighted by atomic mass is 10.0. The predicted octanol–water partition coefficient (Wildman–Crippen LogP) is 5.83. The van der Waals surface area contributed by atoms with Gasteiger partial charge in [-0.2, -0.15) is 5.26 Å². The number of halogens is 1. The third kappa shape index (κ3) is 5.32. The van der Waals surface area contributed by atoms with Gasteiger partial charge >= 0.3 is 0 Å². The second kappa shape index (κ2) is 11.8. The Kier molecular flexibility index (Phi) is 8.17. The number of pyridine rings is 1. The third-order valence-electron chi connectivity index (χ3n) is 6.65. The van der Waals surface area contributed by atoms with Gasteiger partial charge in [0.2, 0.25) is 6.79 Å². The molecule has 0 saturated carbocycles. The molecule has 11 heteroatoms. The molecule has 0 atom stereocenters. The number of thioether (sulfide) groups is 1. The fraction of sp³-hybridized carbons (Fsp3) is 0.241. The highest BCUT2D eigenvalue weighted by Gasteiger charge is 2.33. The largest absolute Gasteiger partial charge is 0.454 e. The van der Waals surface area contributed by atoms with Crippen LogP contribution in [-0.4, -0.2) is 26.5 Å². The van der Waals surface area contributed by atoms with Crippen molar-refractivity contribution in [3.05, 3.63) is 90.6 Å². The van der Waals surface area contributed by atoms with Gasteiger partial charge in [-0.25, -0.2) is 0 Å². The number of anilines is 1. The Hall–Kier alpha value is -3.78. The van der Waals surface area contributed by atoms with Crippen molar-refractivity contribution < 1.29 is 14.3 Å². The molecule has 204 valence electrons. The molecular weight excluding hydrogens is 568 g/mol. The Balaban J connectivity index is 1.54. The van der Waals surface area contributed by atoms with E-state index in [-0.39, 0.29) is 30.4 Å². The Morgan fingerprint density at radius 1 is 1.20 bits per heavy atom. The minimum absolute atomic E-state index is 0.0416. The normalized spacial score (nSPS) is 15.2. The fourth-order valence-electron chi connectivity index (χ4n) is 4.59. The zero-order chi connectivity index (χ0) is 28.4. The van der Waals surface area contributed by atoms with Crippen molar-refractivity contribution in [2.75, 3.05) is 12.1 Å². The monoisotopic (exact) mass is 592 g/mol. The lowest BCUT2D eigenvalue weighted by Crippen LogP contribution is -2.28. The zero-order valence-corrected chi connectivity index (χ0v) is 24.2. The van der Waals surface area contributed by atoms with Crippen LogP contribution in [0.4, 0.5) is 5.82 Å². The molecule has 1 saturated heterocycles. The number of hydrogen-bond acceptors (Lipinski definition) is 8. The van der Waals surface area contributed by atoms with Gasteiger partial charge in [0.25, 0.3) is 11.5 Å². The number of rotatable bonds is 8. The summed E-state index contributed by atoms with van der Waals surface area (Å²) in [6.45, 7) is 4.87. The first-order valence-electron chi connectivity index (χ1n) is 12.6. The van der Waals surface area contributed by atoms with E-state index in [9.17, 15) is 14.9 Å². The van der Waals surface area contributed by atoms with Gasteiger partial charge < -0.3 is 14.8 Å². The van der Waals surface area contributed by atoms with Crippen LogP contribution in [0.25, 0.3) is 6.08 Å². The van der Waals surface area contributed by atoms with Crippen molar-refractivity contribution in [1.82, 2.24) is 9.47 Å². The van der Waals surface area contributed by atoms with E-state index >= 15 is 0 Å². The number of amides is 1. The fourth-order valence-corrected chi connectivity index (χ4v) is 6.02. The molecule has 1 aromatic heterocycles. The van der Waals surface area contributed by atoms with Gasteiger partial charge in [0.1, 0.15) is 21.8 Å². The summed E-state index contributed by atoms with van der Waals surface area (Å²) in [5.74, 6) is 1.60. The average molecular weight is 593 g/mol. The molecule has 3 heterocycles. The maximum Gasteiger partial charge on any atom is 0.270 e. The number of fused-ring (bicyclic) bond motifs is 1. The standard InChI is InChI=1S/C29H25ClN4O4S2/c1-3-10-33-26(32-14-18-8-9-23-24(11-18)38-16-37-23)20(17(2)21(13-31)27(33)35)12-25-28(36)34(29(39)40-25)15-19-6-4-5-7-22(19)30/h4-9,11-12,32H,3,10,14-16H2,1-2H3/b25-12+. The summed E-state index contributed by atoms with van der Waals surface area (Å²) in [5.41, 5.74) is 2.44. The van der Waals surface area contributed by atoms with E-state index in [1.165, 1.54) is 16.7 Å². The van der Waals surface area contributed by atoms with E-state index in [0.717, 1.165) is 11.1 Å². The lowest BCUT2D eigenvalue weighted by Gasteiger charge is -2.20. The van der Waals surface area contributed by atoms with Crippen molar-refractivity contribution in [3.63, 3.8) is 0 Å². The molecule has 8 nitrogen and oxygen atoms in total. The van der Waals surface area contributed by atoms with Crippen LogP contribution < -0.4 is 20.3 Å².